The summed E-state index contributed by atoms with van der Waals surface area (Å²) in [4.78, 5) is 0. The van der Waals surface area contributed by atoms with Crippen molar-refractivity contribution in [2.24, 2.45) is 0 Å². The zero-order chi connectivity index (χ0) is 14.4. The molecule has 0 saturated carbocycles. The molecule has 5 heteroatoms. The molecule has 0 amide bonds. The second-order valence-electron chi connectivity index (χ2n) is 4.84. The number of nitrogens with one attached hydrogen (secondary N) is 2. The number of rotatable bonds is 7. The highest BCUT2D eigenvalue weighted by Gasteiger charge is 2.01. The normalized spacial score (nSPS) is 11.8. The van der Waals surface area contributed by atoms with Gasteiger partial charge in [0.1, 0.15) is 0 Å². The predicted molar refractivity (Wildman–Crippen MR) is 83.1 cm³/mol. The molecule has 0 bridgehead atoms. The van der Waals surface area contributed by atoms with E-state index in [2.05, 4.69) is 40.4 Å². The van der Waals surface area contributed by atoms with Crippen LogP contribution in [-0.2, 0) is 16.6 Å². The molecule has 2 N–H and O–H groups in total. The molecule has 0 aliphatic carbocycles. The molecule has 4 nitrogen and oxygen atoms in total. The molecule has 108 valence electrons. The van der Waals surface area contributed by atoms with Gasteiger partial charge in [-0.15, -0.1) is 0 Å². The van der Waals surface area contributed by atoms with Crippen molar-refractivity contribution in [2.45, 2.75) is 13.0 Å². The average molecular weight is 292 g/mol. The van der Waals surface area contributed by atoms with Gasteiger partial charge in [-0.1, -0.05) is 42.5 Å². The van der Waals surface area contributed by atoms with Gasteiger partial charge in [0.2, 0.25) is 10.0 Å². The third kappa shape index (κ3) is 4.59. The van der Waals surface area contributed by atoms with Gasteiger partial charge in [0, 0.05) is 13.1 Å². The van der Waals surface area contributed by atoms with Crippen molar-refractivity contribution >= 4 is 20.8 Å². The quantitative estimate of drug-likeness (QED) is 0.766. The minimum atomic E-state index is -3.07. The monoisotopic (exact) mass is 292 g/mol. The van der Waals surface area contributed by atoms with Gasteiger partial charge in [-0.25, -0.2) is 13.1 Å². The summed E-state index contributed by atoms with van der Waals surface area (Å²) in [5, 5.41) is 5.85. The highest BCUT2D eigenvalue weighted by molar-refractivity contribution is 7.88. The van der Waals surface area contributed by atoms with Crippen molar-refractivity contribution in [3.05, 3.63) is 48.0 Å². The molecule has 20 heavy (non-hydrogen) atoms. The molecule has 0 unspecified atom stereocenters. The maximum Gasteiger partial charge on any atom is 0.208 e. The third-order valence-corrected chi connectivity index (χ3v) is 3.82. The fourth-order valence-electron chi connectivity index (χ4n) is 2.14. The first-order valence-electron chi connectivity index (χ1n) is 6.68. The Kier molecular flexibility index (Phi) is 5.11. The molecule has 0 aliphatic heterocycles. The fourth-order valence-corrected chi connectivity index (χ4v) is 2.66. The Morgan fingerprint density at radius 1 is 1.00 bits per heavy atom. The summed E-state index contributed by atoms with van der Waals surface area (Å²) >= 11 is 0. The van der Waals surface area contributed by atoms with Crippen LogP contribution in [0.2, 0.25) is 0 Å². The third-order valence-electron chi connectivity index (χ3n) is 3.09. The Bertz CT molecular complexity index is 663. The summed E-state index contributed by atoms with van der Waals surface area (Å²) in [5.74, 6) is 0. The van der Waals surface area contributed by atoms with Gasteiger partial charge < -0.3 is 5.32 Å². The molecule has 0 fully saturated rings. The van der Waals surface area contributed by atoms with Crippen LogP contribution in [0.3, 0.4) is 0 Å². The highest BCUT2D eigenvalue weighted by atomic mass is 32.2. The molecular weight excluding hydrogens is 272 g/mol. The number of hydrogen-bond donors (Lipinski definition) is 2. The minimum Gasteiger partial charge on any atom is -0.313 e. The van der Waals surface area contributed by atoms with Gasteiger partial charge in [-0.05, 0) is 29.3 Å². The first kappa shape index (κ1) is 15.0. The van der Waals surface area contributed by atoms with Crippen LogP contribution in [0.25, 0.3) is 10.8 Å². The van der Waals surface area contributed by atoms with Crippen LogP contribution in [0.4, 0.5) is 0 Å². The Labute approximate surface area is 120 Å². The Hall–Kier alpha value is -1.43. The molecule has 0 spiro atoms. The fraction of sp³-hybridized carbons (Fsp3) is 0.333. The largest absolute Gasteiger partial charge is 0.313 e. The number of sulfonamides is 1. The molecular formula is C15H20N2O2S. The standard InChI is InChI=1S/C15H20N2O2S/c1-20(18,19)17-11-5-10-16-12-14-8-4-7-13-6-2-3-9-15(13)14/h2-4,6-9,16-17H,5,10-12H2,1H3. The SMILES string of the molecule is CS(=O)(=O)NCCCNCc1cccc2ccccc12. The molecule has 2 aromatic rings. The highest BCUT2D eigenvalue weighted by Crippen LogP contribution is 2.17. The maximum atomic E-state index is 10.9. The van der Waals surface area contributed by atoms with Crippen LogP contribution in [0.15, 0.2) is 42.5 Å². The second-order valence-corrected chi connectivity index (χ2v) is 6.67. The van der Waals surface area contributed by atoms with Crippen molar-refractivity contribution in [2.75, 3.05) is 19.3 Å². The molecule has 0 radical (unpaired) electrons. The van der Waals surface area contributed by atoms with E-state index in [4.69, 9.17) is 0 Å². The zero-order valence-electron chi connectivity index (χ0n) is 11.6. The number of fused-ring (bicyclic) bond motifs is 1. The Morgan fingerprint density at radius 2 is 1.75 bits per heavy atom. The summed E-state index contributed by atoms with van der Waals surface area (Å²) in [6, 6.07) is 14.6. The number of benzene rings is 2. The Morgan fingerprint density at radius 3 is 2.55 bits per heavy atom. The summed E-state index contributed by atoms with van der Waals surface area (Å²) in [6.07, 6.45) is 1.95. The van der Waals surface area contributed by atoms with Crippen LogP contribution in [0.5, 0.6) is 0 Å². The van der Waals surface area contributed by atoms with Crippen LogP contribution < -0.4 is 10.0 Å². The smallest absolute Gasteiger partial charge is 0.208 e. The molecule has 2 aromatic carbocycles. The van der Waals surface area contributed by atoms with Crippen molar-refractivity contribution < 1.29 is 8.42 Å². The summed E-state index contributed by atoms with van der Waals surface area (Å²) < 4.78 is 24.3. The van der Waals surface area contributed by atoms with Gasteiger partial charge in [0.05, 0.1) is 6.26 Å². The minimum absolute atomic E-state index is 0.474. The number of hydrogen-bond acceptors (Lipinski definition) is 3. The molecule has 2 rings (SSSR count). The van der Waals surface area contributed by atoms with Crippen molar-refractivity contribution in [1.29, 1.82) is 0 Å². The molecule has 0 heterocycles. The van der Waals surface area contributed by atoms with E-state index >= 15 is 0 Å². The van der Waals surface area contributed by atoms with Gasteiger partial charge >= 0.3 is 0 Å². The first-order valence-corrected chi connectivity index (χ1v) is 8.57. The average Bonchev–Trinajstić information content (AvgIpc) is 2.41. The Balaban J connectivity index is 1.82. The van der Waals surface area contributed by atoms with Crippen LogP contribution in [0, 0.1) is 0 Å². The lowest BCUT2D eigenvalue weighted by atomic mass is 10.0. The van der Waals surface area contributed by atoms with E-state index in [1.807, 2.05) is 12.1 Å². The molecule has 0 atom stereocenters. The second kappa shape index (κ2) is 6.83. The van der Waals surface area contributed by atoms with E-state index in [1.54, 1.807) is 0 Å². The lowest BCUT2D eigenvalue weighted by molar-refractivity contribution is 0.579. The molecule has 0 saturated heterocycles. The molecule has 0 aromatic heterocycles. The van der Waals surface area contributed by atoms with Gasteiger partial charge in [-0.2, -0.15) is 0 Å². The molecule has 0 aliphatic rings. The van der Waals surface area contributed by atoms with Gasteiger partial charge in [0.15, 0.2) is 0 Å². The van der Waals surface area contributed by atoms with Crippen molar-refractivity contribution in [1.82, 2.24) is 10.0 Å². The van der Waals surface area contributed by atoms with Gasteiger partial charge in [-0.3, -0.25) is 0 Å². The lowest BCUT2D eigenvalue weighted by Crippen LogP contribution is -2.26. The van der Waals surface area contributed by atoms with E-state index in [9.17, 15) is 8.42 Å². The van der Waals surface area contributed by atoms with E-state index in [-0.39, 0.29) is 0 Å². The summed E-state index contributed by atoms with van der Waals surface area (Å²) in [7, 11) is -3.07. The summed E-state index contributed by atoms with van der Waals surface area (Å²) in [5.41, 5.74) is 1.26. The first-order chi connectivity index (χ1) is 9.56. The maximum absolute atomic E-state index is 10.9. The van der Waals surface area contributed by atoms with Crippen molar-refractivity contribution in [3.63, 3.8) is 0 Å². The summed E-state index contributed by atoms with van der Waals surface area (Å²) in [6.45, 7) is 2.05. The van der Waals surface area contributed by atoms with Crippen LogP contribution >= 0.6 is 0 Å². The predicted octanol–water partition coefficient (Wildman–Crippen LogP) is 1.87. The van der Waals surface area contributed by atoms with Crippen LogP contribution in [-0.4, -0.2) is 27.8 Å². The van der Waals surface area contributed by atoms with Gasteiger partial charge in [0.25, 0.3) is 0 Å². The lowest BCUT2D eigenvalue weighted by Gasteiger charge is -2.08. The van der Waals surface area contributed by atoms with Crippen LogP contribution in [0.1, 0.15) is 12.0 Å². The van der Waals surface area contributed by atoms with E-state index in [0.717, 1.165) is 19.5 Å². The topological polar surface area (TPSA) is 58.2 Å². The zero-order valence-corrected chi connectivity index (χ0v) is 12.4. The van der Waals surface area contributed by atoms with E-state index < -0.39 is 10.0 Å². The van der Waals surface area contributed by atoms with E-state index in [0.29, 0.717) is 6.54 Å². The van der Waals surface area contributed by atoms with E-state index in [1.165, 1.54) is 22.6 Å². The van der Waals surface area contributed by atoms with Crippen molar-refractivity contribution in [3.8, 4) is 0 Å².